The van der Waals surface area contributed by atoms with Gasteiger partial charge in [0, 0.05) is 31.2 Å². The molecule has 1 fully saturated rings. The largest absolute Gasteiger partial charge is 0.263 e. The van der Waals surface area contributed by atoms with Crippen molar-refractivity contribution in [2.24, 2.45) is 0 Å². The lowest BCUT2D eigenvalue weighted by Gasteiger charge is -2.34. The summed E-state index contributed by atoms with van der Waals surface area (Å²) >= 11 is 0. The Balaban J connectivity index is 1.75. The van der Waals surface area contributed by atoms with Crippen molar-refractivity contribution >= 4 is 15.7 Å². The Morgan fingerprint density at radius 3 is 2.92 bits per heavy atom. The Morgan fingerprint density at radius 2 is 2.12 bits per heavy atom. The summed E-state index contributed by atoms with van der Waals surface area (Å²) in [6.45, 7) is 2.40. The smallest absolute Gasteiger partial charge is 0.245 e. The van der Waals surface area contributed by atoms with Crippen LogP contribution in [0.25, 0.3) is 5.65 Å². The van der Waals surface area contributed by atoms with Crippen LogP contribution in [0.1, 0.15) is 36.7 Å². The van der Waals surface area contributed by atoms with Crippen LogP contribution in [-0.4, -0.2) is 38.8 Å². The predicted molar refractivity (Wildman–Crippen MR) is 92.4 cm³/mol. The van der Waals surface area contributed by atoms with Crippen molar-refractivity contribution in [3.8, 4) is 0 Å². The third-order valence-electron chi connectivity index (χ3n) is 4.50. The number of hydrogen-bond acceptors (Lipinski definition) is 5. The molecule has 25 heavy (non-hydrogen) atoms. The maximum atomic E-state index is 13.1. The summed E-state index contributed by atoms with van der Waals surface area (Å²) in [5.74, 6) is 0. The standard InChI is InChI=1S/C17H19N5O2S/c1-13-11-17-19-15(7-10-21(17)20-13)16-6-2-3-9-22(16)25(23,24)14-5-4-8-18-12-14/h4-5,7-8,10-12,16H,2-3,6,9H2,1H3. The first-order valence-corrected chi connectivity index (χ1v) is 9.74. The van der Waals surface area contributed by atoms with E-state index in [4.69, 9.17) is 0 Å². The lowest BCUT2D eigenvalue weighted by molar-refractivity contribution is 0.251. The van der Waals surface area contributed by atoms with Crippen LogP contribution < -0.4 is 0 Å². The molecule has 4 rings (SSSR count). The van der Waals surface area contributed by atoms with Crippen molar-refractivity contribution in [3.05, 3.63) is 54.2 Å². The van der Waals surface area contributed by atoms with E-state index >= 15 is 0 Å². The molecule has 0 radical (unpaired) electrons. The van der Waals surface area contributed by atoms with E-state index in [1.807, 2.05) is 25.3 Å². The first kappa shape index (κ1) is 16.2. The highest BCUT2D eigenvalue weighted by Gasteiger charge is 2.35. The highest BCUT2D eigenvalue weighted by atomic mass is 32.2. The number of rotatable bonds is 3. The SMILES string of the molecule is Cc1cc2nc(C3CCCCN3S(=O)(=O)c3cccnc3)ccn2n1. The van der Waals surface area contributed by atoms with Gasteiger partial charge in [-0.2, -0.15) is 9.40 Å². The summed E-state index contributed by atoms with van der Waals surface area (Å²) < 4.78 is 29.4. The highest BCUT2D eigenvalue weighted by molar-refractivity contribution is 7.89. The van der Waals surface area contributed by atoms with Crippen LogP contribution >= 0.6 is 0 Å². The maximum Gasteiger partial charge on any atom is 0.245 e. The van der Waals surface area contributed by atoms with Crippen LogP contribution in [0.4, 0.5) is 0 Å². The molecule has 1 unspecified atom stereocenters. The van der Waals surface area contributed by atoms with Gasteiger partial charge in [-0.3, -0.25) is 4.98 Å². The van der Waals surface area contributed by atoms with Crippen molar-refractivity contribution < 1.29 is 8.42 Å². The molecule has 0 saturated carbocycles. The van der Waals surface area contributed by atoms with E-state index in [0.29, 0.717) is 6.54 Å². The van der Waals surface area contributed by atoms with E-state index in [9.17, 15) is 8.42 Å². The molecule has 0 aliphatic carbocycles. The molecule has 0 N–H and O–H groups in total. The number of pyridine rings is 1. The normalized spacial score (nSPS) is 19.3. The van der Waals surface area contributed by atoms with Crippen LogP contribution in [-0.2, 0) is 10.0 Å². The van der Waals surface area contributed by atoms with Crippen molar-refractivity contribution in [1.29, 1.82) is 0 Å². The molecule has 1 aliphatic heterocycles. The minimum absolute atomic E-state index is 0.225. The molecular formula is C17H19N5O2S. The zero-order chi connectivity index (χ0) is 17.4. The zero-order valence-corrected chi connectivity index (χ0v) is 14.7. The van der Waals surface area contributed by atoms with E-state index in [1.165, 1.54) is 6.20 Å². The second kappa shape index (κ2) is 6.20. The zero-order valence-electron chi connectivity index (χ0n) is 13.9. The lowest BCUT2D eigenvalue weighted by atomic mass is 10.0. The molecule has 7 nitrogen and oxygen atoms in total. The van der Waals surface area contributed by atoms with Gasteiger partial charge in [0.05, 0.1) is 17.4 Å². The molecule has 8 heteroatoms. The van der Waals surface area contributed by atoms with E-state index in [0.717, 1.165) is 36.3 Å². The number of piperidine rings is 1. The number of sulfonamides is 1. The molecule has 0 spiro atoms. The summed E-state index contributed by atoms with van der Waals surface area (Å²) in [4.78, 5) is 8.84. The third-order valence-corrected chi connectivity index (χ3v) is 6.40. The highest BCUT2D eigenvalue weighted by Crippen LogP contribution is 2.34. The van der Waals surface area contributed by atoms with Crippen LogP contribution in [0.5, 0.6) is 0 Å². The van der Waals surface area contributed by atoms with Gasteiger partial charge in [-0.25, -0.2) is 17.9 Å². The number of fused-ring (bicyclic) bond motifs is 1. The van der Waals surface area contributed by atoms with Gasteiger partial charge >= 0.3 is 0 Å². The first-order valence-electron chi connectivity index (χ1n) is 8.30. The second-order valence-corrected chi connectivity index (χ2v) is 8.15. The van der Waals surface area contributed by atoms with Crippen molar-refractivity contribution in [3.63, 3.8) is 0 Å². The van der Waals surface area contributed by atoms with Gasteiger partial charge in [-0.05, 0) is 38.0 Å². The summed E-state index contributed by atoms with van der Waals surface area (Å²) in [6.07, 6.45) is 7.41. The van der Waals surface area contributed by atoms with Crippen molar-refractivity contribution in [1.82, 2.24) is 23.9 Å². The fourth-order valence-corrected chi connectivity index (χ4v) is 4.95. The van der Waals surface area contributed by atoms with E-state index < -0.39 is 10.0 Å². The predicted octanol–water partition coefficient (Wildman–Crippen LogP) is 2.35. The van der Waals surface area contributed by atoms with Crippen molar-refractivity contribution in [2.45, 2.75) is 37.1 Å². The van der Waals surface area contributed by atoms with Gasteiger partial charge in [0.25, 0.3) is 0 Å². The van der Waals surface area contributed by atoms with Crippen LogP contribution in [0.15, 0.2) is 47.8 Å². The quantitative estimate of drug-likeness (QED) is 0.719. The Morgan fingerprint density at radius 1 is 1.24 bits per heavy atom. The number of aromatic nitrogens is 4. The van der Waals surface area contributed by atoms with Gasteiger partial charge in [-0.15, -0.1) is 0 Å². The summed E-state index contributed by atoms with van der Waals surface area (Å²) in [7, 11) is -3.60. The Kier molecular flexibility index (Phi) is 4.01. The summed E-state index contributed by atoms with van der Waals surface area (Å²) in [5.41, 5.74) is 2.38. The van der Waals surface area contributed by atoms with Gasteiger partial charge in [0.1, 0.15) is 4.90 Å². The minimum Gasteiger partial charge on any atom is -0.263 e. The molecule has 0 bridgehead atoms. The van der Waals surface area contributed by atoms with Gasteiger partial charge in [0.2, 0.25) is 10.0 Å². The average molecular weight is 357 g/mol. The molecular weight excluding hydrogens is 338 g/mol. The molecule has 1 saturated heterocycles. The summed E-state index contributed by atoms with van der Waals surface area (Å²) in [5, 5.41) is 4.33. The van der Waals surface area contributed by atoms with Crippen LogP contribution in [0.2, 0.25) is 0 Å². The number of hydrogen-bond donors (Lipinski definition) is 0. The third kappa shape index (κ3) is 2.91. The Labute approximate surface area is 146 Å². The molecule has 3 aromatic heterocycles. The second-order valence-electron chi connectivity index (χ2n) is 6.26. The van der Waals surface area contributed by atoms with E-state index in [1.54, 1.807) is 27.2 Å². The number of nitrogens with zero attached hydrogens (tertiary/aromatic N) is 5. The van der Waals surface area contributed by atoms with Crippen molar-refractivity contribution in [2.75, 3.05) is 6.54 Å². The maximum absolute atomic E-state index is 13.1. The molecule has 4 heterocycles. The molecule has 130 valence electrons. The lowest BCUT2D eigenvalue weighted by Crippen LogP contribution is -2.38. The average Bonchev–Trinajstić information content (AvgIpc) is 3.01. The molecule has 1 aliphatic rings. The topological polar surface area (TPSA) is 80.5 Å². The van der Waals surface area contributed by atoms with Crippen LogP contribution in [0.3, 0.4) is 0 Å². The molecule has 0 amide bonds. The van der Waals surface area contributed by atoms with E-state index in [2.05, 4.69) is 15.1 Å². The van der Waals surface area contributed by atoms with Gasteiger partial charge in [-0.1, -0.05) is 6.42 Å². The number of aryl methyl sites for hydroxylation is 1. The Hall–Kier alpha value is -2.32. The van der Waals surface area contributed by atoms with Crippen LogP contribution in [0, 0.1) is 6.92 Å². The van der Waals surface area contributed by atoms with E-state index in [-0.39, 0.29) is 10.9 Å². The molecule has 1 atom stereocenters. The fraction of sp³-hybridized carbons (Fsp3) is 0.353. The fourth-order valence-electron chi connectivity index (χ4n) is 3.32. The summed E-state index contributed by atoms with van der Waals surface area (Å²) in [6, 6.07) is 6.73. The monoisotopic (exact) mass is 357 g/mol. The molecule has 3 aromatic rings. The van der Waals surface area contributed by atoms with Gasteiger partial charge < -0.3 is 0 Å². The first-order chi connectivity index (χ1) is 12.1. The van der Waals surface area contributed by atoms with Gasteiger partial charge in [0.15, 0.2) is 5.65 Å². The molecule has 0 aromatic carbocycles. The Bertz CT molecular complexity index is 1000. The minimum atomic E-state index is -3.60.